The van der Waals surface area contributed by atoms with Gasteiger partial charge >= 0.3 is 0 Å². The Bertz CT molecular complexity index is 835. The van der Waals surface area contributed by atoms with E-state index in [-0.39, 0.29) is 5.69 Å². The number of rotatable bonds is 2. The fraction of sp³-hybridized carbons (Fsp3) is 0. The van der Waals surface area contributed by atoms with Crippen LogP contribution < -0.4 is 0 Å². The molecule has 0 radical (unpaired) electrons. The summed E-state index contributed by atoms with van der Waals surface area (Å²) in [6.07, 6.45) is 0. The molecule has 0 saturated heterocycles. The van der Waals surface area contributed by atoms with Gasteiger partial charge in [0.15, 0.2) is 5.69 Å². The van der Waals surface area contributed by atoms with Gasteiger partial charge in [0.25, 0.3) is 0 Å². The number of aromatic nitrogens is 3. The molecule has 4 nitrogen and oxygen atoms in total. The Morgan fingerprint density at radius 3 is 2.43 bits per heavy atom. The predicted molar refractivity (Wildman–Crippen MR) is 81.5 cm³/mol. The summed E-state index contributed by atoms with van der Waals surface area (Å²) in [7, 11) is 0. The van der Waals surface area contributed by atoms with Crippen molar-refractivity contribution in [2.45, 2.75) is 0 Å². The van der Waals surface area contributed by atoms with Crippen LogP contribution >= 0.6 is 23.2 Å². The Morgan fingerprint density at radius 2 is 1.76 bits per heavy atom. The molecule has 0 atom stereocenters. The third kappa shape index (κ3) is 2.49. The summed E-state index contributed by atoms with van der Waals surface area (Å²) in [5.41, 5.74) is 2.42. The van der Waals surface area contributed by atoms with Crippen molar-refractivity contribution in [3.05, 3.63) is 64.3 Å². The molecule has 0 saturated carbocycles. The molecule has 2 aromatic carbocycles. The fourth-order valence-corrected chi connectivity index (χ4v) is 2.30. The number of nitriles is 1. The molecule has 102 valence electrons. The predicted octanol–water partition coefficient (Wildman–Crippen LogP) is 4.11. The van der Waals surface area contributed by atoms with E-state index in [1.165, 1.54) is 0 Å². The molecule has 0 fully saturated rings. The van der Waals surface area contributed by atoms with Gasteiger partial charge in [-0.05, 0) is 18.2 Å². The van der Waals surface area contributed by atoms with Crippen molar-refractivity contribution in [2.75, 3.05) is 0 Å². The van der Waals surface area contributed by atoms with E-state index in [0.717, 1.165) is 5.56 Å². The van der Waals surface area contributed by atoms with Gasteiger partial charge in [-0.15, -0.1) is 5.10 Å². The summed E-state index contributed by atoms with van der Waals surface area (Å²) in [4.78, 5) is 0. The highest BCUT2D eigenvalue weighted by Gasteiger charge is 2.16. The SMILES string of the molecule is N#Cc1nnn(-c2ccc(Cl)c(Cl)c2)c1-c1ccccc1. The topological polar surface area (TPSA) is 54.5 Å². The molecule has 0 unspecified atom stereocenters. The lowest BCUT2D eigenvalue weighted by atomic mass is 10.1. The van der Waals surface area contributed by atoms with Crippen molar-refractivity contribution in [1.29, 1.82) is 5.26 Å². The van der Waals surface area contributed by atoms with Crippen LogP contribution in [0, 0.1) is 11.3 Å². The van der Waals surface area contributed by atoms with Gasteiger partial charge in [0.2, 0.25) is 0 Å². The summed E-state index contributed by atoms with van der Waals surface area (Å²) in [6.45, 7) is 0. The summed E-state index contributed by atoms with van der Waals surface area (Å²) >= 11 is 12.0. The fourth-order valence-electron chi connectivity index (χ4n) is 2.01. The van der Waals surface area contributed by atoms with Crippen molar-refractivity contribution >= 4 is 23.2 Å². The molecular weight excluding hydrogens is 307 g/mol. The first-order valence-corrected chi connectivity index (χ1v) is 6.83. The Labute approximate surface area is 131 Å². The first-order chi connectivity index (χ1) is 10.2. The Morgan fingerprint density at radius 1 is 1.00 bits per heavy atom. The molecule has 21 heavy (non-hydrogen) atoms. The molecule has 0 spiro atoms. The number of halogens is 2. The van der Waals surface area contributed by atoms with E-state index in [0.29, 0.717) is 21.4 Å². The van der Waals surface area contributed by atoms with E-state index in [9.17, 15) is 5.26 Å². The van der Waals surface area contributed by atoms with E-state index in [1.54, 1.807) is 22.9 Å². The van der Waals surface area contributed by atoms with Gasteiger partial charge in [-0.25, -0.2) is 4.68 Å². The van der Waals surface area contributed by atoms with Crippen LogP contribution in [0.3, 0.4) is 0 Å². The molecule has 0 bridgehead atoms. The van der Waals surface area contributed by atoms with Gasteiger partial charge in [0.1, 0.15) is 11.8 Å². The maximum absolute atomic E-state index is 9.23. The summed E-state index contributed by atoms with van der Waals surface area (Å²) < 4.78 is 1.58. The van der Waals surface area contributed by atoms with E-state index < -0.39 is 0 Å². The monoisotopic (exact) mass is 314 g/mol. The molecule has 3 aromatic rings. The standard InChI is InChI=1S/C15H8Cl2N4/c16-12-7-6-11(8-13(12)17)21-15(14(9-18)19-20-21)10-4-2-1-3-5-10/h1-8H. The van der Waals surface area contributed by atoms with Crippen molar-refractivity contribution < 1.29 is 0 Å². The highest BCUT2D eigenvalue weighted by Crippen LogP contribution is 2.28. The normalized spacial score (nSPS) is 10.3. The van der Waals surface area contributed by atoms with Crippen LogP contribution in [-0.4, -0.2) is 15.0 Å². The maximum Gasteiger partial charge on any atom is 0.191 e. The molecule has 1 heterocycles. The molecule has 0 aliphatic carbocycles. The molecule has 0 amide bonds. The summed E-state index contributed by atoms with van der Waals surface area (Å²) in [5.74, 6) is 0. The average molecular weight is 315 g/mol. The lowest BCUT2D eigenvalue weighted by Gasteiger charge is -2.07. The lowest BCUT2D eigenvalue weighted by molar-refractivity contribution is 0.807. The van der Waals surface area contributed by atoms with Crippen LogP contribution in [0.15, 0.2) is 48.5 Å². The Hall–Kier alpha value is -2.35. The maximum atomic E-state index is 9.23. The molecule has 0 aliphatic heterocycles. The van der Waals surface area contributed by atoms with Crippen LogP contribution in [0.25, 0.3) is 16.9 Å². The molecular formula is C15H8Cl2N4. The van der Waals surface area contributed by atoms with Gasteiger partial charge in [0, 0.05) is 5.56 Å². The van der Waals surface area contributed by atoms with Gasteiger partial charge in [-0.3, -0.25) is 0 Å². The van der Waals surface area contributed by atoms with Crippen molar-refractivity contribution in [1.82, 2.24) is 15.0 Å². The minimum Gasteiger partial charge on any atom is -0.211 e. The molecule has 0 aliphatic rings. The van der Waals surface area contributed by atoms with E-state index in [2.05, 4.69) is 16.4 Å². The first-order valence-electron chi connectivity index (χ1n) is 6.07. The number of hydrogen-bond donors (Lipinski definition) is 0. The molecule has 3 rings (SSSR count). The van der Waals surface area contributed by atoms with Gasteiger partial charge in [-0.2, -0.15) is 5.26 Å². The number of nitrogens with zero attached hydrogens (tertiary/aromatic N) is 4. The van der Waals surface area contributed by atoms with E-state index >= 15 is 0 Å². The minimum absolute atomic E-state index is 0.257. The van der Waals surface area contributed by atoms with Crippen LogP contribution in [0.1, 0.15) is 5.69 Å². The quantitative estimate of drug-likeness (QED) is 0.715. The van der Waals surface area contributed by atoms with Crippen molar-refractivity contribution in [2.24, 2.45) is 0 Å². The zero-order chi connectivity index (χ0) is 14.8. The lowest BCUT2D eigenvalue weighted by Crippen LogP contribution is -1.99. The Kier molecular flexibility index (Phi) is 3.61. The average Bonchev–Trinajstić information content (AvgIpc) is 2.95. The van der Waals surface area contributed by atoms with Gasteiger partial charge < -0.3 is 0 Å². The van der Waals surface area contributed by atoms with Crippen LogP contribution in [0.2, 0.25) is 10.0 Å². The highest BCUT2D eigenvalue weighted by atomic mass is 35.5. The number of benzene rings is 2. The second-order valence-electron chi connectivity index (χ2n) is 4.27. The minimum atomic E-state index is 0.257. The molecule has 6 heteroatoms. The van der Waals surface area contributed by atoms with Crippen LogP contribution in [0.4, 0.5) is 0 Å². The van der Waals surface area contributed by atoms with E-state index in [1.807, 2.05) is 30.3 Å². The zero-order valence-electron chi connectivity index (χ0n) is 10.7. The zero-order valence-corrected chi connectivity index (χ0v) is 12.2. The van der Waals surface area contributed by atoms with Crippen LogP contribution in [0.5, 0.6) is 0 Å². The van der Waals surface area contributed by atoms with Crippen molar-refractivity contribution in [3.63, 3.8) is 0 Å². The Balaban J connectivity index is 2.23. The van der Waals surface area contributed by atoms with Crippen LogP contribution in [-0.2, 0) is 0 Å². The van der Waals surface area contributed by atoms with Gasteiger partial charge in [-0.1, -0.05) is 58.7 Å². The summed E-state index contributed by atoms with van der Waals surface area (Å²) in [5, 5.41) is 18.1. The second kappa shape index (κ2) is 5.57. The highest BCUT2D eigenvalue weighted by molar-refractivity contribution is 6.42. The largest absolute Gasteiger partial charge is 0.211 e. The molecule has 1 aromatic heterocycles. The molecule has 0 N–H and O–H groups in total. The first kappa shape index (κ1) is 13.6. The summed E-state index contributed by atoms with van der Waals surface area (Å²) in [6, 6.07) is 16.7. The number of hydrogen-bond acceptors (Lipinski definition) is 3. The van der Waals surface area contributed by atoms with E-state index in [4.69, 9.17) is 23.2 Å². The third-order valence-electron chi connectivity index (χ3n) is 2.97. The third-order valence-corrected chi connectivity index (χ3v) is 3.71. The second-order valence-corrected chi connectivity index (χ2v) is 5.09. The van der Waals surface area contributed by atoms with Crippen molar-refractivity contribution in [3.8, 4) is 23.0 Å². The van der Waals surface area contributed by atoms with Gasteiger partial charge in [0.05, 0.1) is 15.7 Å². The smallest absolute Gasteiger partial charge is 0.191 e.